The van der Waals surface area contributed by atoms with Gasteiger partial charge in [-0.25, -0.2) is 4.79 Å². The van der Waals surface area contributed by atoms with Gasteiger partial charge in [0, 0.05) is 49.9 Å². The third-order valence-corrected chi connectivity index (χ3v) is 4.05. The second-order valence-corrected chi connectivity index (χ2v) is 5.80. The van der Waals surface area contributed by atoms with Crippen LogP contribution in [0.3, 0.4) is 0 Å². The molecule has 0 atom stereocenters. The van der Waals surface area contributed by atoms with Gasteiger partial charge in [-0.15, -0.1) is 0 Å². The van der Waals surface area contributed by atoms with Gasteiger partial charge in [-0.2, -0.15) is 0 Å². The number of nitrogens with one attached hydrogen (secondary N) is 1. The Kier molecular flexibility index (Phi) is 5.01. The van der Waals surface area contributed by atoms with Gasteiger partial charge in [-0.3, -0.25) is 0 Å². The van der Waals surface area contributed by atoms with Crippen LogP contribution in [0.5, 0.6) is 0 Å². The summed E-state index contributed by atoms with van der Waals surface area (Å²) in [6.07, 6.45) is 1.66. The van der Waals surface area contributed by atoms with Crippen LogP contribution in [0.1, 0.15) is 23.2 Å². The fourth-order valence-electron chi connectivity index (χ4n) is 2.27. The Labute approximate surface area is 126 Å². The van der Waals surface area contributed by atoms with E-state index in [1.165, 1.54) is 0 Å². The average Bonchev–Trinajstić information content (AvgIpc) is 2.45. The molecule has 6 heteroatoms. The predicted molar refractivity (Wildman–Crippen MR) is 79.4 cm³/mol. The first kappa shape index (κ1) is 15.3. The lowest BCUT2D eigenvalue weighted by molar-refractivity contribution is -0.0807. The third kappa shape index (κ3) is 3.71. The van der Waals surface area contributed by atoms with Gasteiger partial charge in [0.2, 0.25) is 0 Å². The molecular formula is C14H18BrNO4. The fourth-order valence-corrected chi connectivity index (χ4v) is 2.77. The number of methoxy groups -OCH3 is 1. The first-order valence-corrected chi connectivity index (χ1v) is 7.25. The van der Waals surface area contributed by atoms with Crippen molar-refractivity contribution >= 4 is 27.6 Å². The average molecular weight is 344 g/mol. The van der Waals surface area contributed by atoms with Crippen LogP contribution >= 0.6 is 15.9 Å². The van der Waals surface area contributed by atoms with Crippen molar-refractivity contribution in [3.63, 3.8) is 0 Å². The van der Waals surface area contributed by atoms with Gasteiger partial charge in [-0.1, -0.05) is 15.9 Å². The number of hydrogen-bond acceptors (Lipinski definition) is 4. The fraction of sp³-hybridized carbons (Fsp3) is 0.500. The van der Waals surface area contributed by atoms with Gasteiger partial charge in [0.05, 0.1) is 11.2 Å². The van der Waals surface area contributed by atoms with Crippen molar-refractivity contribution in [2.75, 3.05) is 32.2 Å². The van der Waals surface area contributed by atoms with E-state index in [1.54, 1.807) is 19.2 Å². The minimum absolute atomic E-state index is 0.246. The molecule has 5 nitrogen and oxygen atoms in total. The second-order valence-electron chi connectivity index (χ2n) is 4.89. The van der Waals surface area contributed by atoms with Crippen molar-refractivity contribution in [3.8, 4) is 0 Å². The normalized spacial score (nSPS) is 17.7. The zero-order valence-corrected chi connectivity index (χ0v) is 12.9. The van der Waals surface area contributed by atoms with E-state index in [0.29, 0.717) is 19.8 Å². The Morgan fingerprint density at radius 1 is 1.45 bits per heavy atom. The van der Waals surface area contributed by atoms with Gasteiger partial charge in [0.15, 0.2) is 0 Å². The summed E-state index contributed by atoms with van der Waals surface area (Å²) in [5.41, 5.74) is 0.768. The van der Waals surface area contributed by atoms with Crippen LogP contribution in [-0.2, 0) is 9.47 Å². The number of hydrogen-bond donors (Lipinski definition) is 2. The molecule has 0 amide bonds. The summed E-state index contributed by atoms with van der Waals surface area (Å²) in [6, 6.07) is 5.05. The molecule has 1 aromatic carbocycles. The molecule has 1 aromatic rings. The van der Waals surface area contributed by atoms with E-state index in [0.717, 1.165) is 23.0 Å². The summed E-state index contributed by atoms with van der Waals surface area (Å²) >= 11 is 3.32. The zero-order chi connectivity index (χ0) is 14.6. The van der Waals surface area contributed by atoms with Gasteiger partial charge in [0.1, 0.15) is 0 Å². The molecule has 0 radical (unpaired) electrons. The molecule has 1 aliphatic rings. The Morgan fingerprint density at radius 2 is 2.15 bits per heavy atom. The molecule has 1 fully saturated rings. The molecule has 0 aromatic heterocycles. The summed E-state index contributed by atoms with van der Waals surface area (Å²) in [4.78, 5) is 11.0. The van der Waals surface area contributed by atoms with Crippen LogP contribution in [0.2, 0.25) is 0 Å². The smallest absolute Gasteiger partial charge is 0.335 e. The van der Waals surface area contributed by atoms with E-state index in [1.807, 2.05) is 6.07 Å². The Bertz CT molecular complexity index is 486. The summed E-state index contributed by atoms with van der Waals surface area (Å²) in [5, 5.41) is 12.3. The lowest BCUT2D eigenvalue weighted by Crippen LogP contribution is -2.44. The lowest BCUT2D eigenvalue weighted by atomic mass is 9.94. The number of carbonyl (C=O) groups is 1. The number of rotatable bonds is 5. The number of ether oxygens (including phenoxy) is 2. The zero-order valence-electron chi connectivity index (χ0n) is 11.3. The first-order valence-electron chi connectivity index (χ1n) is 6.45. The number of carboxylic acid groups (broad SMARTS) is 1. The summed E-state index contributed by atoms with van der Waals surface area (Å²) in [6.45, 7) is 2.01. The molecule has 1 saturated heterocycles. The Hall–Kier alpha value is -1.11. The van der Waals surface area contributed by atoms with Crippen LogP contribution in [-0.4, -0.2) is 43.5 Å². The van der Waals surface area contributed by atoms with E-state index < -0.39 is 5.97 Å². The van der Waals surface area contributed by atoms with Gasteiger partial charge >= 0.3 is 5.97 Å². The molecule has 1 aliphatic heterocycles. The monoisotopic (exact) mass is 343 g/mol. The molecule has 0 aliphatic carbocycles. The van der Waals surface area contributed by atoms with E-state index in [-0.39, 0.29) is 11.2 Å². The quantitative estimate of drug-likeness (QED) is 0.860. The third-order valence-electron chi connectivity index (χ3n) is 3.60. The van der Waals surface area contributed by atoms with Crippen LogP contribution in [0.4, 0.5) is 5.69 Å². The van der Waals surface area contributed by atoms with E-state index in [9.17, 15) is 4.79 Å². The molecule has 0 unspecified atom stereocenters. The lowest BCUT2D eigenvalue weighted by Gasteiger charge is -2.36. The molecule has 0 bridgehead atoms. The Balaban J connectivity index is 2.07. The highest BCUT2D eigenvalue weighted by Crippen LogP contribution is 2.26. The van der Waals surface area contributed by atoms with Crippen molar-refractivity contribution in [2.24, 2.45) is 0 Å². The van der Waals surface area contributed by atoms with Crippen molar-refractivity contribution < 1.29 is 19.4 Å². The highest BCUT2D eigenvalue weighted by Gasteiger charge is 2.32. The van der Waals surface area contributed by atoms with Crippen molar-refractivity contribution in [2.45, 2.75) is 18.4 Å². The summed E-state index contributed by atoms with van der Waals surface area (Å²) in [5.74, 6) is -0.943. The summed E-state index contributed by atoms with van der Waals surface area (Å²) in [7, 11) is 1.70. The molecule has 2 rings (SSSR count). The topological polar surface area (TPSA) is 67.8 Å². The number of benzene rings is 1. The number of halogens is 1. The molecule has 110 valence electrons. The van der Waals surface area contributed by atoms with Crippen LogP contribution < -0.4 is 5.32 Å². The molecule has 0 saturated carbocycles. The van der Waals surface area contributed by atoms with Crippen molar-refractivity contribution in [1.82, 2.24) is 0 Å². The maximum absolute atomic E-state index is 11.0. The minimum atomic E-state index is -0.943. The van der Waals surface area contributed by atoms with Crippen LogP contribution in [0.15, 0.2) is 22.7 Å². The van der Waals surface area contributed by atoms with Gasteiger partial charge < -0.3 is 19.9 Å². The first-order chi connectivity index (χ1) is 9.54. The maximum Gasteiger partial charge on any atom is 0.335 e. The van der Waals surface area contributed by atoms with Gasteiger partial charge in [0.25, 0.3) is 0 Å². The van der Waals surface area contributed by atoms with Crippen molar-refractivity contribution in [1.29, 1.82) is 0 Å². The van der Waals surface area contributed by atoms with E-state index in [2.05, 4.69) is 21.2 Å². The van der Waals surface area contributed by atoms with E-state index >= 15 is 0 Å². The van der Waals surface area contributed by atoms with E-state index in [4.69, 9.17) is 14.6 Å². The van der Waals surface area contributed by atoms with Crippen LogP contribution in [0, 0.1) is 0 Å². The highest BCUT2D eigenvalue weighted by molar-refractivity contribution is 9.10. The summed E-state index contributed by atoms with van der Waals surface area (Å²) < 4.78 is 11.7. The maximum atomic E-state index is 11.0. The molecular weight excluding hydrogens is 326 g/mol. The Morgan fingerprint density at radius 3 is 2.75 bits per heavy atom. The van der Waals surface area contributed by atoms with Gasteiger partial charge in [-0.05, 0) is 18.2 Å². The highest BCUT2D eigenvalue weighted by atomic mass is 79.9. The number of aromatic carboxylic acids is 1. The largest absolute Gasteiger partial charge is 0.478 e. The molecule has 20 heavy (non-hydrogen) atoms. The number of carboxylic acids is 1. The number of anilines is 1. The molecule has 1 heterocycles. The SMILES string of the molecule is COC1(CNc2cc(Br)cc(C(=O)O)c2)CCOCC1. The molecule has 2 N–H and O–H groups in total. The predicted octanol–water partition coefficient (Wildman–Crippen LogP) is 2.75. The second kappa shape index (κ2) is 6.56. The van der Waals surface area contributed by atoms with Crippen molar-refractivity contribution in [3.05, 3.63) is 28.2 Å². The van der Waals surface area contributed by atoms with Crippen LogP contribution in [0.25, 0.3) is 0 Å². The molecule has 0 spiro atoms. The standard InChI is InChI=1S/C14H18BrNO4/c1-19-14(2-4-20-5-3-14)9-16-12-7-10(13(17)18)6-11(15)8-12/h6-8,16H,2-5,9H2,1H3,(H,17,18). The minimum Gasteiger partial charge on any atom is -0.478 e.